The molecule has 1 fully saturated rings. The Morgan fingerprint density at radius 2 is 2.06 bits per heavy atom. The van der Waals surface area contributed by atoms with Gasteiger partial charge >= 0.3 is 0 Å². The van der Waals surface area contributed by atoms with E-state index < -0.39 is 0 Å². The second-order valence-corrected chi connectivity index (χ2v) is 5.68. The van der Waals surface area contributed by atoms with E-state index in [0.717, 1.165) is 17.7 Å². The molecule has 96 valence electrons. The molecule has 0 radical (unpaired) electrons. The fraction of sp³-hybridized carbons (Fsp3) is 0.533. The lowest BCUT2D eigenvalue weighted by Gasteiger charge is -2.35. The minimum absolute atomic E-state index is 0.279. The van der Waals surface area contributed by atoms with Gasteiger partial charge in [0.15, 0.2) is 0 Å². The number of alkyl halides is 1. The maximum absolute atomic E-state index is 8.86. The summed E-state index contributed by atoms with van der Waals surface area (Å²) in [5, 5.41) is 9.86. The van der Waals surface area contributed by atoms with Gasteiger partial charge in [0, 0.05) is 10.7 Å². The zero-order valence-corrected chi connectivity index (χ0v) is 12.1. The predicted molar refractivity (Wildman–Crippen MR) is 76.0 cm³/mol. The second kappa shape index (κ2) is 6.24. The SMILES string of the molecule is N#Cc1cccc(OCC2(CBr)CCCCC2)c1. The van der Waals surface area contributed by atoms with Crippen molar-refractivity contribution in [3.8, 4) is 11.8 Å². The quantitative estimate of drug-likeness (QED) is 0.778. The molecule has 0 aliphatic heterocycles. The lowest BCUT2D eigenvalue weighted by Crippen LogP contribution is -2.32. The van der Waals surface area contributed by atoms with Crippen molar-refractivity contribution < 1.29 is 4.74 Å². The largest absolute Gasteiger partial charge is 0.493 e. The normalized spacial score (nSPS) is 18.0. The van der Waals surface area contributed by atoms with Crippen LogP contribution in [0.2, 0.25) is 0 Å². The maximum atomic E-state index is 8.86. The first-order valence-corrected chi connectivity index (χ1v) is 7.59. The molecule has 0 unspecified atom stereocenters. The number of halogens is 1. The van der Waals surface area contributed by atoms with E-state index in [0.29, 0.717) is 5.56 Å². The Labute approximate surface area is 117 Å². The summed E-state index contributed by atoms with van der Waals surface area (Å²) < 4.78 is 5.90. The van der Waals surface area contributed by atoms with Gasteiger partial charge in [-0.3, -0.25) is 0 Å². The number of ether oxygens (including phenoxy) is 1. The summed E-state index contributed by atoms with van der Waals surface area (Å²) in [4.78, 5) is 0. The molecule has 3 heteroatoms. The first kappa shape index (κ1) is 13.4. The number of nitriles is 1. The van der Waals surface area contributed by atoms with Crippen LogP contribution in [0.1, 0.15) is 37.7 Å². The molecule has 0 atom stereocenters. The lowest BCUT2D eigenvalue weighted by atomic mass is 9.76. The number of rotatable bonds is 4. The molecular formula is C15H18BrNO. The van der Waals surface area contributed by atoms with Gasteiger partial charge in [0.25, 0.3) is 0 Å². The van der Waals surface area contributed by atoms with Crippen LogP contribution in [0, 0.1) is 16.7 Å². The summed E-state index contributed by atoms with van der Waals surface area (Å²) in [6, 6.07) is 9.54. The molecule has 0 heterocycles. The average molecular weight is 308 g/mol. The molecule has 1 saturated carbocycles. The third-order valence-electron chi connectivity index (χ3n) is 3.71. The van der Waals surface area contributed by atoms with Crippen molar-refractivity contribution in [1.82, 2.24) is 0 Å². The standard InChI is InChI=1S/C15H18BrNO/c16-11-15(7-2-1-3-8-15)12-18-14-6-4-5-13(9-14)10-17/h4-6,9H,1-3,7-8,11-12H2. The first-order valence-electron chi connectivity index (χ1n) is 6.47. The van der Waals surface area contributed by atoms with E-state index in [2.05, 4.69) is 22.0 Å². The zero-order chi connectivity index (χ0) is 12.8. The van der Waals surface area contributed by atoms with Gasteiger partial charge in [-0.2, -0.15) is 5.26 Å². The van der Waals surface area contributed by atoms with Crippen molar-refractivity contribution in [2.45, 2.75) is 32.1 Å². The molecule has 2 nitrogen and oxygen atoms in total. The predicted octanol–water partition coefficient (Wildman–Crippen LogP) is 4.28. The smallest absolute Gasteiger partial charge is 0.120 e. The highest BCUT2D eigenvalue weighted by atomic mass is 79.9. The van der Waals surface area contributed by atoms with Crippen molar-refractivity contribution in [3.05, 3.63) is 29.8 Å². The van der Waals surface area contributed by atoms with Gasteiger partial charge in [-0.05, 0) is 31.0 Å². The summed E-state index contributed by atoms with van der Waals surface area (Å²) in [6.45, 7) is 0.743. The van der Waals surface area contributed by atoms with Crippen molar-refractivity contribution in [2.24, 2.45) is 5.41 Å². The van der Waals surface area contributed by atoms with Gasteiger partial charge in [0.2, 0.25) is 0 Å². The fourth-order valence-electron chi connectivity index (χ4n) is 2.51. The van der Waals surface area contributed by atoms with Crippen LogP contribution in [-0.2, 0) is 0 Å². The molecule has 1 aliphatic rings. The van der Waals surface area contributed by atoms with E-state index in [-0.39, 0.29) is 5.41 Å². The monoisotopic (exact) mass is 307 g/mol. The van der Waals surface area contributed by atoms with Crippen molar-refractivity contribution >= 4 is 15.9 Å². The van der Waals surface area contributed by atoms with E-state index >= 15 is 0 Å². The Kier molecular flexibility index (Phi) is 4.66. The molecule has 1 aromatic carbocycles. The van der Waals surface area contributed by atoms with Crippen LogP contribution >= 0.6 is 15.9 Å². The molecule has 1 aliphatic carbocycles. The van der Waals surface area contributed by atoms with E-state index in [1.165, 1.54) is 32.1 Å². The van der Waals surface area contributed by atoms with Crippen LogP contribution in [0.25, 0.3) is 0 Å². The molecule has 0 N–H and O–H groups in total. The first-order chi connectivity index (χ1) is 8.78. The summed E-state index contributed by atoms with van der Waals surface area (Å²) in [6.07, 6.45) is 6.41. The summed E-state index contributed by atoms with van der Waals surface area (Å²) in [5.74, 6) is 0.806. The molecule has 0 spiro atoms. The summed E-state index contributed by atoms with van der Waals surface area (Å²) in [5.41, 5.74) is 0.935. The van der Waals surface area contributed by atoms with Crippen molar-refractivity contribution in [1.29, 1.82) is 5.26 Å². The third-order valence-corrected chi connectivity index (χ3v) is 4.90. The molecule has 0 aromatic heterocycles. The number of hydrogen-bond donors (Lipinski definition) is 0. The minimum Gasteiger partial charge on any atom is -0.493 e. The van der Waals surface area contributed by atoms with Crippen LogP contribution in [0.5, 0.6) is 5.75 Å². The van der Waals surface area contributed by atoms with Gasteiger partial charge < -0.3 is 4.74 Å². The highest BCUT2D eigenvalue weighted by Gasteiger charge is 2.31. The molecule has 1 aromatic rings. The van der Waals surface area contributed by atoms with E-state index in [1.54, 1.807) is 6.07 Å². The van der Waals surface area contributed by atoms with Gasteiger partial charge in [-0.25, -0.2) is 0 Å². The molecule has 0 saturated heterocycles. The fourth-order valence-corrected chi connectivity index (χ4v) is 3.23. The Morgan fingerprint density at radius 3 is 2.72 bits per heavy atom. The van der Waals surface area contributed by atoms with Gasteiger partial charge in [0.1, 0.15) is 5.75 Å². The van der Waals surface area contributed by atoms with E-state index in [1.807, 2.05) is 18.2 Å². The van der Waals surface area contributed by atoms with Crippen LogP contribution in [0.4, 0.5) is 0 Å². The Bertz CT molecular complexity index is 432. The van der Waals surface area contributed by atoms with Crippen molar-refractivity contribution in [3.63, 3.8) is 0 Å². The number of hydrogen-bond acceptors (Lipinski definition) is 2. The lowest BCUT2D eigenvalue weighted by molar-refractivity contribution is 0.122. The van der Waals surface area contributed by atoms with E-state index in [4.69, 9.17) is 10.00 Å². The van der Waals surface area contributed by atoms with Crippen LogP contribution in [0.15, 0.2) is 24.3 Å². The van der Waals surface area contributed by atoms with Gasteiger partial charge in [-0.1, -0.05) is 41.3 Å². The third kappa shape index (κ3) is 3.26. The van der Waals surface area contributed by atoms with Crippen LogP contribution < -0.4 is 4.74 Å². The van der Waals surface area contributed by atoms with Crippen LogP contribution in [-0.4, -0.2) is 11.9 Å². The summed E-state index contributed by atoms with van der Waals surface area (Å²) in [7, 11) is 0. The van der Waals surface area contributed by atoms with Gasteiger partial charge in [0.05, 0.1) is 18.2 Å². The number of nitrogens with zero attached hydrogens (tertiary/aromatic N) is 1. The highest BCUT2D eigenvalue weighted by Crippen LogP contribution is 2.38. The van der Waals surface area contributed by atoms with Gasteiger partial charge in [-0.15, -0.1) is 0 Å². The Morgan fingerprint density at radius 1 is 1.28 bits per heavy atom. The Hall–Kier alpha value is -1.01. The molecule has 0 bridgehead atoms. The topological polar surface area (TPSA) is 33.0 Å². The maximum Gasteiger partial charge on any atom is 0.120 e. The molecule has 2 rings (SSSR count). The second-order valence-electron chi connectivity index (χ2n) is 5.12. The Balaban J connectivity index is 1.99. The zero-order valence-electron chi connectivity index (χ0n) is 10.5. The average Bonchev–Trinajstić information content (AvgIpc) is 2.46. The molecule has 0 amide bonds. The highest BCUT2D eigenvalue weighted by molar-refractivity contribution is 9.09. The van der Waals surface area contributed by atoms with Crippen molar-refractivity contribution in [2.75, 3.05) is 11.9 Å². The summed E-state index contributed by atoms with van der Waals surface area (Å²) >= 11 is 3.64. The van der Waals surface area contributed by atoms with E-state index in [9.17, 15) is 0 Å². The van der Waals surface area contributed by atoms with Crippen LogP contribution in [0.3, 0.4) is 0 Å². The molecule has 18 heavy (non-hydrogen) atoms. The number of benzene rings is 1. The minimum atomic E-state index is 0.279. The molecular weight excluding hydrogens is 290 g/mol.